The third-order valence-corrected chi connectivity index (χ3v) is 4.67. The maximum atomic E-state index is 6.30. The van der Waals surface area contributed by atoms with E-state index in [0.29, 0.717) is 24.0 Å². The molecule has 22 heavy (non-hydrogen) atoms. The second-order valence-corrected chi connectivity index (χ2v) is 6.59. The summed E-state index contributed by atoms with van der Waals surface area (Å²) in [7, 11) is 0. The van der Waals surface area contributed by atoms with Crippen molar-refractivity contribution in [1.29, 1.82) is 0 Å². The van der Waals surface area contributed by atoms with E-state index in [2.05, 4.69) is 11.1 Å². The summed E-state index contributed by atoms with van der Waals surface area (Å²) in [5, 5.41) is 0.639. The molecule has 1 aromatic carbocycles. The Balaban J connectivity index is 1.56. The van der Waals surface area contributed by atoms with Gasteiger partial charge in [0, 0.05) is 24.1 Å². The summed E-state index contributed by atoms with van der Waals surface area (Å²) in [5.41, 5.74) is 2.30. The maximum Gasteiger partial charge on any atom is 0.179 e. The molecule has 0 amide bonds. The molecule has 2 heterocycles. The number of thioether (sulfide) groups is 1. The molecule has 0 aliphatic carbocycles. The van der Waals surface area contributed by atoms with Crippen molar-refractivity contribution in [2.45, 2.75) is 18.6 Å². The molecule has 0 radical (unpaired) electrons. The first-order valence-corrected chi connectivity index (χ1v) is 8.92. The van der Waals surface area contributed by atoms with Crippen LogP contribution >= 0.6 is 23.4 Å². The van der Waals surface area contributed by atoms with Gasteiger partial charge in [-0.1, -0.05) is 17.7 Å². The Bertz CT molecular complexity index is 622. The highest BCUT2D eigenvalue weighted by atomic mass is 35.5. The minimum Gasteiger partial charge on any atom is -0.489 e. The van der Waals surface area contributed by atoms with Gasteiger partial charge in [0.15, 0.2) is 11.5 Å². The van der Waals surface area contributed by atoms with E-state index < -0.39 is 0 Å². The van der Waals surface area contributed by atoms with Crippen LogP contribution in [0.4, 0.5) is 0 Å². The molecule has 116 valence electrons. The lowest BCUT2D eigenvalue weighted by atomic mass is 10.2. The van der Waals surface area contributed by atoms with Crippen molar-refractivity contribution in [3.63, 3.8) is 0 Å². The minimum absolute atomic E-state index is 0.639. The van der Waals surface area contributed by atoms with Gasteiger partial charge in [0.25, 0.3) is 0 Å². The molecule has 2 aromatic rings. The molecule has 0 fully saturated rings. The van der Waals surface area contributed by atoms with E-state index in [1.165, 1.54) is 5.56 Å². The Kier molecular flexibility index (Phi) is 5.46. The Labute approximate surface area is 140 Å². The lowest BCUT2D eigenvalue weighted by molar-refractivity contribution is 0.297. The average molecular weight is 336 g/mol. The van der Waals surface area contributed by atoms with Gasteiger partial charge < -0.3 is 9.47 Å². The lowest BCUT2D eigenvalue weighted by Gasteiger charge is -2.11. The molecule has 1 aromatic heterocycles. The molecular formula is C17H18ClNO2S. The van der Waals surface area contributed by atoms with Gasteiger partial charge in [-0.2, -0.15) is 11.8 Å². The van der Waals surface area contributed by atoms with Gasteiger partial charge >= 0.3 is 0 Å². The summed E-state index contributed by atoms with van der Waals surface area (Å²) in [6, 6.07) is 10.0. The third-order valence-electron chi connectivity index (χ3n) is 3.36. The van der Waals surface area contributed by atoms with Crippen LogP contribution in [-0.4, -0.2) is 24.0 Å². The summed E-state index contributed by atoms with van der Waals surface area (Å²) in [6.45, 7) is 1.34. The first-order valence-electron chi connectivity index (χ1n) is 7.38. The van der Waals surface area contributed by atoms with Crippen molar-refractivity contribution in [2.24, 2.45) is 0 Å². The van der Waals surface area contributed by atoms with Crippen molar-refractivity contribution in [3.8, 4) is 11.5 Å². The van der Waals surface area contributed by atoms with E-state index >= 15 is 0 Å². The fraction of sp³-hybridized carbons (Fsp3) is 0.353. The van der Waals surface area contributed by atoms with Crippen molar-refractivity contribution in [1.82, 2.24) is 4.98 Å². The third kappa shape index (κ3) is 4.08. The van der Waals surface area contributed by atoms with Crippen molar-refractivity contribution in [2.75, 3.05) is 19.0 Å². The minimum atomic E-state index is 0.639. The van der Waals surface area contributed by atoms with Crippen molar-refractivity contribution < 1.29 is 9.47 Å². The SMILES string of the molecule is Clc1cc(CSCCc2ccccn2)cc2c1OCCCO2. The van der Waals surface area contributed by atoms with Gasteiger partial charge in [-0.05, 0) is 42.0 Å². The Morgan fingerprint density at radius 2 is 2.09 bits per heavy atom. The fourth-order valence-corrected chi connectivity index (χ4v) is 3.47. The van der Waals surface area contributed by atoms with Crippen LogP contribution in [0.3, 0.4) is 0 Å². The van der Waals surface area contributed by atoms with Gasteiger partial charge in [0.05, 0.1) is 18.2 Å². The second kappa shape index (κ2) is 7.75. The molecule has 1 aliphatic rings. The van der Waals surface area contributed by atoms with Crippen LogP contribution in [0.15, 0.2) is 36.5 Å². The van der Waals surface area contributed by atoms with E-state index in [9.17, 15) is 0 Å². The molecule has 5 heteroatoms. The van der Waals surface area contributed by atoms with Gasteiger partial charge in [-0.25, -0.2) is 0 Å². The average Bonchev–Trinajstić information content (AvgIpc) is 2.78. The molecule has 3 rings (SSSR count). The number of fused-ring (bicyclic) bond motifs is 1. The number of ether oxygens (including phenoxy) is 2. The van der Waals surface area contributed by atoms with E-state index in [0.717, 1.165) is 35.8 Å². The number of aromatic nitrogens is 1. The molecule has 1 aliphatic heterocycles. The number of pyridine rings is 1. The standard InChI is InChI=1S/C17H18ClNO2S/c18-15-10-13(11-16-17(15)21-8-3-7-20-16)12-22-9-5-14-4-1-2-6-19-14/h1-2,4,6,10-11H,3,5,7-9,12H2. The summed E-state index contributed by atoms with van der Waals surface area (Å²) in [5.74, 6) is 3.39. The number of hydrogen-bond donors (Lipinski definition) is 0. The Morgan fingerprint density at radius 3 is 2.95 bits per heavy atom. The van der Waals surface area contributed by atoms with E-state index in [4.69, 9.17) is 21.1 Å². The van der Waals surface area contributed by atoms with Gasteiger partial charge in [0.1, 0.15) is 0 Å². The van der Waals surface area contributed by atoms with Crippen LogP contribution in [0.5, 0.6) is 11.5 Å². The predicted octanol–water partition coefficient (Wildman–Crippen LogP) is 4.37. The number of rotatable bonds is 5. The fourth-order valence-electron chi connectivity index (χ4n) is 2.28. The molecular weight excluding hydrogens is 318 g/mol. The molecule has 0 saturated carbocycles. The summed E-state index contributed by atoms with van der Waals surface area (Å²) in [6.07, 6.45) is 3.70. The highest BCUT2D eigenvalue weighted by Gasteiger charge is 2.15. The highest BCUT2D eigenvalue weighted by molar-refractivity contribution is 7.98. The Morgan fingerprint density at radius 1 is 1.18 bits per heavy atom. The van der Waals surface area contributed by atoms with E-state index in [1.807, 2.05) is 42.2 Å². The molecule has 0 unspecified atom stereocenters. The van der Waals surface area contributed by atoms with Crippen LogP contribution in [0.25, 0.3) is 0 Å². The van der Waals surface area contributed by atoms with Gasteiger partial charge in [-0.3, -0.25) is 4.98 Å². The molecule has 0 N–H and O–H groups in total. The first-order chi connectivity index (χ1) is 10.8. The Hall–Kier alpha value is -1.39. The van der Waals surface area contributed by atoms with E-state index in [1.54, 1.807) is 0 Å². The first kappa shape index (κ1) is 15.5. The predicted molar refractivity (Wildman–Crippen MR) is 91.2 cm³/mol. The number of aryl methyl sites for hydroxylation is 1. The quantitative estimate of drug-likeness (QED) is 0.759. The summed E-state index contributed by atoms with van der Waals surface area (Å²) in [4.78, 5) is 4.33. The number of hydrogen-bond acceptors (Lipinski definition) is 4. The number of benzene rings is 1. The van der Waals surface area contributed by atoms with Crippen LogP contribution in [0.2, 0.25) is 5.02 Å². The zero-order valence-corrected chi connectivity index (χ0v) is 13.8. The molecule has 0 spiro atoms. The van der Waals surface area contributed by atoms with Crippen LogP contribution < -0.4 is 9.47 Å². The van der Waals surface area contributed by atoms with Crippen LogP contribution in [0.1, 0.15) is 17.7 Å². The molecule has 3 nitrogen and oxygen atoms in total. The normalized spacial score (nSPS) is 13.7. The second-order valence-electron chi connectivity index (χ2n) is 5.08. The van der Waals surface area contributed by atoms with Gasteiger partial charge in [-0.15, -0.1) is 0 Å². The molecule has 0 saturated heterocycles. The maximum absolute atomic E-state index is 6.30. The van der Waals surface area contributed by atoms with Crippen molar-refractivity contribution >= 4 is 23.4 Å². The van der Waals surface area contributed by atoms with Crippen molar-refractivity contribution in [3.05, 3.63) is 52.8 Å². The van der Waals surface area contributed by atoms with E-state index in [-0.39, 0.29) is 0 Å². The largest absolute Gasteiger partial charge is 0.489 e. The monoisotopic (exact) mass is 335 g/mol. The summed E-state index contributed by atoms with van der Waals surface area (Å²) >= 11 is 8.18. The summed E-state index contributed by atoms with van der Waals surface area (Å²) < 4.78 is 11.4. The van der Waals surface area contributed by atoms with Gasteiger partial charge in [0.2, 0.25) is 0 Å². The smallest absolute Gasteiger partial charge is 0.179 e. The topological polar surface area (TPSA) is 31.4 Å². The zero-order chi connectivity index (χ0) is 15.2. The van der Waals surface area contributed by atoms with Crippen LogP contribution in [0, 0.1) is 0 Å². The van der Waals surface area contributed by atoms with Crippen LogP contribution in [-0.2, 0) is 12.2 Å². The number of nitrogens with zero attached hydrogens (tertiary/aromatic N) is 1. The molecule has 0 atom stereocenters. The zero-order valence-electron chi connectivity index (χ0n) is 12.3. The lowest BCUT2D eigenvalue weighted by Crippen LogP contribution is -1.97. The number of halogens is 1. The molecule has 0 bridgehead atoms. The highest BCUT2D eigenvalue weighted by Crippen LogP contribution is 2.38.